The van der Waals surface area contributed by atoms with Gasteiger partial charge in [0, 0.05) is 37.1 Å². The number of ether oxygens (including phenoxy) is 1. The van der Waals surface area contributed by atoms with Crippen LogP contribution in [-0.4, -0.2) is 67.4 Å². The number of thiazole rings is 1. The first-order chi connectivity index (χ1) is 18.3. The molecule has 11 heteroatoms. The molecule has 3 aromatic carbocycles. The van der Waals surface area contributed by atoms with E-state index in [1.54, 1.807) is 6.92 Å². The van der Waals surface area contributed by atoms with E-state index in [1.807, 2.05) is 0 Å². The Hall–Kier alpha value is -3.54. The Bertz CT molecular complexity index is 1670. The van der Waals surface area contributed by atoms with Crippen molar-refractivity contribution in [2.45, 2.75) is 24.7 Å². The normalized spacial score (nSPS) is 15.8. The van der Waals surface area contributed by atoms with Gasteiger partial charge in [-0.3, -0.25) is 10.1 Å². The fourth-order valence-corrected chi connectivity index (χ4v) is 7.55. The number of hydrogen-bond acceptors (Lipinski definition) is 7. The maximum atomic E-state index is 13.1. The van der Waals surface area contributed by atoms with Crippen LogP contribution in [0.1, 0.15) is 28.4 Å². The van der Waals surface area contributed by atoms with E-state index in [1.165, 1.54) is 61.3 Å². The highest BCUT2D eigenvalue weighted by atomic mass is 32.2. The predicted octanol–water partition coefficient (Wildman–Crippen LogP) is 4.26. The zero-order valence-corrected chi connectivity index (χ0v) is 22.4. The van der Waals surface area contributed by atoms with Gasteiger partial charge in [0.25, 0.3) is 5.91 Å². The first-order valence-electron chi connectivity index (χ1n) is 12.5. The Morgan fingerprint density at radius 1 is 1.03 bits per heavy atom. The van der Waals surface area contributed by atoms with E-state index in [2.05, 4.69) is 29.6 Å². The van der Waals surface area contributed by atoms with Crippen molar-refractivity contribution in [2.75, 3.05) is 38.1 Å². The summed E-state index contributed by atoms with van der Waals surface area (Å²) in [6.07, 6.45) is 1.62. The van der Waals surface area contributed by atoms with Crippen LogP contribution in [0.25, 0.3) is 21.0 Å². The second-order valence-electron chi connectivity index (χ2n) is 9.31. The second kappa shape index (κ2) is 9.64. The second-order valence-corrected chi connectivity index (χ2v) is 12.3. The van der Waals surface area contributed by atoms with Crippen LogP contribution in [0.5, 0.6) is 0 Å². The highest BCUT2D eigenvalue weighted by Crippen LogP contribution is 2.39. The van der Waals surface area contributed by atoms with E-state index in [-0.39, 0.29) is 43.6 Å². The van der Waals surface area contributed by atoms with Crippen molar-refractivity contribution < 1.29 is 22.7 Å². The molecule has 196 valence electrons. The van der Waals surface area contributed by atoms with Crippen molar-refractivity contribution in [3.63, 3.8) is 0 Å². The highest BCUT2D eigenvalue weighted by molar-refractivity contribution is 7.89. The largest absolute Gasteiger partial charge is 0.450 e. The fourth-order valence-electron chi connectivity index (χ4n) is 5.18. The van der Waals surface area contributed by atoms with Crippen LogP contribution in [0.4, 0.5) is 9.93 Å². The number of carbonyl (C=O) groups excluding carboxylic acids is 2. The van der Waals surface area contributed by atoms with Crippen molar-refractivity contribution in [3.05, 3.63) is 65.2 Å². The molecule has 9 nitrogen and oxygen atoms in total. The first-order valence-corrected chi connectivity index (χ1v) is 14.8. The molecule has 0 spiro atoms. The third-order valence-corrected chi connectivity index (χ3v) is 9.92. The molecule has 1 aliphatic heterocycles. The van der Waals surface area contributed by atoms with Crippen molar-refractivity contribution in [2.24, 2.45) is 0 Å². The van der Waals surface area contributed by atoms with Gasteiger partial charge in [-0.25, -0.2) is 18.2 Å². The van der Waals surface area contributed by atoms with Crippen LogP contribution in [0, 0.1) is 0 Å². The summed E-state index contributed by atoms with van der Waals surface area (Å²) < 4.78 is 33.6. The number of piperazine rings is 1. The van der Waals surface area contributed by atoms with Gasteiger partial charge >= 0.3 is 6.09 Å². The SMILES string of the molecule is CCOC(=O)N1CCN(S(=O)(=O)c2ccc(C(=O)Nc3nc4c(cc5c6c(cccc64)CC5)s3)cc2)CC1. The van der Waals surface area contributed by atoms with E-state index in [9.17, 15) is 18.0 Å². The van der Waals surface area contributed by atoms with Crippen LogP contribution in [-0.2, 0) is 27.6 Å². The molecule has 0 atom stereocenters. The summed E-state index contributed by atoms with van der Waals surface area (Å²) in [6.45, 7) is 2.89. The lowest BCUT2D eigenvalue weighted by molar-refractivity contribution is 0.0933. The number of anilines is 1. The molecule has 6 rings (SSSR count). The molecule has 2 amide bonds. The van der Waals surface area contributed by atoms with Crippen molar-refractivity contribution in [3.8, 4) is 0 Å². The minimum absolute atomic E-state index is 0.0999. The summed E-state index contributed by atoms with van der Waals surface area (Å²) in [5, 5.41) is 5.77. The maximum absolute atomic E-state index is 13.1. The monoisotopic (exact) mass is 550 g/mol. The third kappa shape index (κ3) is 4.30. The smallest absolute Gasteiger partial charge is 0.409 e. The lowest BCUT2D eigenvalue weighted by Crippen LogP contribution is -2.50. The van der Waals surface area contributed by atoms with Crippen molar-refractivity contribution in [1.29, 1.82) is 0 Å². The van der Waals surface area contributed by atoms with Crippen LogP contribution >= 0.6 is 11.3 Å². The molecule has 2 heterocycles. The minimum atomic E-state index is -3.75. The molecule has 0 bridgehead atoms. The van der Waals surface area contributed by atoms with Crippen LogP contribution < -0.4 is 5.32 Å². The zero-order valence-electron chi connectivity index (χ0n) is 20.8. The Morgan fingerprint density at radius 3 is 2.50 bits per heavy atom. The van der Waals surface area contributed by atoms with E-state index in [0.29, 0.717) is 10.7 Å². The highest BCUT2D eigenvalue weighted by Gasteiger charge is 2.30. The van der Waals surface area contributed by atoms with Crippen LogP contribution in [0.3, 0.4) is 0 Å². The van der Waals surface area contributed by atoms with E-state index in [0.717, 1.165) is 28.4 Å². The standard InChI is InChI=1S/C27H26N4O5S2/c1-2-36-27(33)30-12-14-31(15-13-30)38(34,35)20-10-8-18(9-11-20)25(32)29-26-28-24-21-5-3-4-17-6-7-19(23(17)21)16-22(24)37-26/h3-5,8-11,16H,2,6-7,12-15H2,1H3,(H,28,29,32). The summed E-state index contributed by atoms with van der Waals surface area (Å²) in [4.78, 5) is 31.2. The number of hydrogen-bond donors (Lipinski definition) is 1. The molecular formula is C27H26N4O5S2. The molecule has 0 unspecified atom stereocenters. The number of nitrogens with zero attached hydrogens (tertiary/aromatic N) is 3. The molecular weight excluding hydrogens is 524 g/mol. The summed E-state index contributed by atoms with van der Waals surface area (Å²) in [5.74, 6) is -0.353. The minimum Gasteiger partial charge on any atom is -0.450 e. The average molecular weight is 551 g/mol. The number of rotatable bonds is 5. The Kier molecular flexibility index (Phi) is 6.29. The van der Waals surface area contributed by atoms with Crippen LogP contribution in [0.2, 0.25) is 0 Å². The van der Waals surface area contributed by atoms with E-state index >= 15 is 0 Å². The Morgan fingerprint density at radius 2 is 1.76 bits per heavy atom. The van der Waals surface area contributed by atoms with Gasteiger partial charge in [-0.2, -0.15) is 4.31 Å². The van der Waals surface area contributed by atoms with E-state index < -0.39 is 16.1 Å². The lowest BCUT2D eigenvalue weighted by Gasteiger charge is -2.33. The number of benzene rings is 3. The number of sulfonamides is 1. The van der Waals surface area contributed by atoms with Gasteiger partial charge in [-0.05, 0) is 66.6 Å². The van der Waals surface area contributed by atoms with Gasteiger partial charge in [0.1, 0.15) is 0 Å². The predicted molar refractivity (Wildman–Crippen MR) is 146 cm³/mol. The molecule has 4 aromatic rings. The molecule has 0 saturated carbocycles. The molecule has 1 aromatic heterocycles. The molecule has 0 radical (unpaired) electrons. The topological polar surface area (TPSA) is 109 Å². The Balaban J connectivity index is 1.16. The summed E-state index contributed by atoms with van der Waals surface area (Å²) in [5.41, 5.74) is 3.89. The molecule has 2 aliphatic rings. The van der Waals surface area contributed by atoms with Crippen molar-refractivity contribution in [1.82, 2.24) is 14.2 Å². The molecule has 1 N–H and O–H groups in total. The fraction of sp³-hybridized carbons (Fsp3) is 0.296. The van der Waals surface area contributed by atoms with E-state index in [4.69, 9.17) is 9.72 Å². The number of carbonyl (C=O) groups is 2. The quantitative estimate of drug-likeness (QED) is 0.398. The number of amides is 2. The molecule has 1 aliphatic carbocycles. The van der Waals surface area contributed by atoms with Gasteiger partial charge in [0.05, 0.1) is 21.7 Å². The lowest BCUT2D eigenvalue weighted by atomic mass is 10.0. The third-order valence-electron chi connectivity index (χ3n) is 7.09. The average Bonchev–Trinajstić information content (AvgIpc) is 3.54. The van der Waals surface area contributed by atoms with Gasteiger partial charge in [0.15, 0.2) is 5.13 Å². The number of aryl methyl sites for hydroxylation is 2. The van der Waals surface area contributed by atoms with Crippen molar-refractivity contribution >= 4 is 59.5 Å². The number of fused-ring (bicyclic) bond motifs is 2. The van der Waals surface area contributed by atoms with Gasteiger partial charge in [0.2, 0.25) is 10.0 Å². The van der Waals surface area contributed by atoms with Gasteiger partial charge < -0.3 is 9.64 Å². The maximum Gasteiger partial charge on any atom is 0.409 e. The molecule has 1 saturated heterocycles. The van der Waals surface area contributed by atoms with Gasteiger partial charge in [-0.15, -0.1) is 0 Å². The zero-order chi connectivity index (χ0) is 26.4. The summed E-state index contributed by atoms with van der Waals surface area (Å²) in [6, 6.07) is 14.4. The number of aromatic nitrogens is 1. The Labute approximate surface area is 224 Å². The summed E-state index contributed by atoms with van der Waals surface area (Å²) in [7, 11) is -3.75. The number of nitrogens with one attached hydrogen (secondary N) is 1. The molecule has 1 fully saturated rings. The first kappa shape index (κ1) is 24.8. The van der Waals surface area contributed by atoms with Gasteiger partial charge in [-0.1, -0.05) is 29.5 Å². The van der Waals surface area contributed by atoms with Crippen LogP contribution in [0.15, 0.2) is 53.4 Å². The summed E-state index contributed by atoms with van der Waals surface area (Å²) >= 11 is 1.44. The molecule has 38 heavy (non-hydrogen) atoms.